The molecule has 0 aliphatic rings. The van der Waals surface area contributed by atoms with Crippen LogP contribution in [-0.2, 0) is 0 Å². The highest BCUT2D eigenvalue weighted by Gasteiger charge is 2.18. The quantitative estimate of drug-likeness (QED) is 0.168. The third-order valence-electron chi connectivity index (χ3n) is 12.9. The van der Waals surface area contributed by atoms with E-state index in [1.807, 2.05) is 0 Å². The molecular formula is C60H38N4. The van der Waals surface area contributed by atoms with Gasteiger partial charge in [0.2, 0.25) is 0 Å². The molecule has 3 heterocycles. The van der Waals surface area contributed by atoms with Gasteiger partial charge in [-0.1, -0.05) is 176 Å². The highest BCUT2D eigenvalue weighted by molar-refractivity contribution is 6.19. The number of rotatable bonds is 6. The van der Waals surface area contributed by atoms with Gasteiger partial charge in [0.25, 0.3) is 0 Å². The summed E-state index contributed by atoms with van der Waals surface area (Å²) in [6, 6.07) is 82.7. The molecule has 0 radical (unpaired) electrons. The van der Waals surface area contributed by atoms with E-state index in [4.69, 9.17) is 9.97 Å². The average molecular weight is 815 g/mol. The zero-order valence-corrected chi connectivity index (χ0v) is 34.7. The molecule has 0 fully saturated rings. The van der Waals surface area contributed by atoms with E-state index in [1.165, 1.54) is 54.4 Å². The minimum atomic E-state index is 0.700. The lowest BCUT2D eigenvalue weighted by molar-refractivity contribution is 1.18. The summed E-state index contributed by atoms with van der Waals surface area (Å²) in [7, 11) is 0. The van der Waals surface area contributed by atoms with Crippen LogP contribution in [-0.4, -0.2) is 19.1 Å². The van der Waals surface area contributed by atoms with Crippen LogP contribution < -0.4 is 0 Å². The second kappa shape index (κ2) is 14.5. The number of hydrogen-bond donors (Lipinski definition) is 0. The maximum absolute atomic E-state index is 5.33. The second-order valence-corrected chi connectivity index (χ2v) is 16.6. The zero-order chi connectivity index (χ0) is 42.1. The number of hydrogen-bond acceptors (Lipinski definition) is 2. The number of fused-ring (bicyclic) bond motifs is 9. The predicted octanol–water partition coefficient (Wildman–Crippen LogP) is 15.6. The first-order valence-electron chi connectivity index (χ1n) is 21.8. The van der Waals surface area contributed by atoms with Crippen molar-refractivity contribution in [1.29, 1.82) is 0 Å². The van der Waals surface area contributed by atoms with Crippen LogP contribution in [0, 0.1) is 0 Å². The predicted molar refractivity (Wildman–Crippen MR) is 267 cm³/mol. The van der Waals surface area contributed by atoms with E-state index >= 15 is 0 Å². The van der Waals surface area contributed by atoms with Crippen LogP contribution >= 0.6 is 0 Å². The van der Waals surface area contributed by atoms with Crippen molar-refractivity contribution in [1.82, 2.24) is 19.1 Å². The van der Waals surface area contributed by atoms with Gasteiger partial charge < -0.3 is 9.13 Å². The molecule has 4 nitrogen and oxygen atoms in total. The van der Waals surface area contributed by atoms with Gasteiger partial charge in [0.15, 0.2) is 5.82 Å². The first-order chi connectivity index (χ1) is 31.7. The largest absolute Gasteiger partial charge is 0.309 e. The Kier molecular flexibility index (Phi) is 8.18. The van der Waals surface area contributed by atoms with Gasteiger partial charge in [-0.05, 0) is 82.2 Å². The Morgan fingerprint density at radius 3 is 1.55 bits per heavy atom. The Bertz CT molecular complexity index is 3920. The molecule has 298 valence electrons. The molecule has 0 spiro atoms. The second-order valence-electron chi connectivity index (χ2n) is 16.6. The summed E-state index contributed by atoms with van der Waals surface area (Å²) in [5.74, 6) is 0.700. The van der Waals surface area contributed by atoms with Crippen molar-refractivity contribution in [3.8, 4) is 56.3 Å². The molecule has 0 saturated heterocycles. The number of benzene rings is 10. The van der Waals surface area contributed by atoms with E-state index < -0.39 is 0 Å². The summed E-state index contributed by atoms with van der Waals surface area (Å²) in [6.45, 7) is 0. The molecule has 0 saturated carbocycles. The minimum Gasteiger partial charge on any atom is -0.309 e. The number of nitrogens with zero attached hydrogens (tertiary/aromatic N) is 4. The molecule has 0 bridgehead atoms. The van der Waals surface area contributed by atoms with Crippen molar-refractivity contribution in [2.24, 2.45) is 0 Å². The number of para-hydroxylation sites is 3. The summed E-state index contributed by atoms with van der Waals surface area (Å²) in [5, 5.41) is 8.47. The van der Waals surface area contributed by atoms with Crippen LogP contribution in [0.3, 0.4) is 0 Å². The van der Waals surface area contributed by atoms with E-state index in [1.54, 1.807) is 0 Å². The molecule has 3 aromatic heterocycles. The maximum Gasteiger partial charge on any atom is 0.160 e. The van der Waals surface area contributed by atoms with Crippen LogP contribution in [0.1, 0.15) is 0 Å². The average Bonchev–Trinajstić information content (AvgIpc) is 3.89. The van der Waals surface area contributed by atoms with Gasteiger partial charge in [-0.2, -0.15) is 0 Å². The summed E-state index contributed by atoms with van der Waals surface area (Å²) in [6.07, 6.45) is 0. The van der Waals surface area contributed by atoms with Crippen molar-refractivity contribution in [2.45, 2.75) is 0 Å². The summed E-state index contributed by atoms with van der Waals surface area (Å²) >= 11 is 0. The first-order valence-corrected chi connectivity index (χ1v) is 21.8. The molecule has 10 aromatic carbocycles. The topological polar surface area (TPSA) is 35.6 Å². The van der Waals surface area contributed by atoms with Crippen LogP contribution in [0.2, 0.25) is 0 Å². The van der Waals surface area contributed by atoms with E-state index in [2.05, 4.69) is 240 Å². The molecule has 0 amide bonds. The lowest BCUT2D eigenvalue weighted by atomic mass is 9.98. The molecule has 64 heavy (non-hydrogen) atoms. The SMILES string of the molecule is c1ccc(-c2nc(-c3ccc(-c4ccc5c6ccc7ccccc7c6n(-c6ccccc6)c5c4)cc3)nc3ccc(-c4ccc5c6ccccc6n(-c6ccccc6)c5c4)cc23)cc1. The molecule has 0 unspecified atom stereocenters. The highest BCUT2D eigenvalue weighted by Crippen LogP contribution is 2.40. The van der Waals surface area contributed by atoms with Crippen molar-refractivity contribution >= 4 is 65.3 Å². The Morgan fingerprint density at radius 2 is 0.797 bits per heavy atom. The Hall–Kier alpha value is -8.60. The van der Waals surface area contributed by atoms with Crippen LogP contribution in [0.15, 0.2) is 231 Å². The van der Waals surface area contributed by atoms with Gasteiger partial charge in [0.1, 0.15) is 0 Å². The standard InChI is InChI=1S/C60H38N4/c1-4-15-41(16-5-1)58-53-36-43(45-30-32-50-49-22-12-13-23-55(49)63(56(50)38-45)46-17-6-2-7-18-46)31-35-54(53)61-60(62-58)42-26-24-39(25-27-42)44-29-33-51-52-34-28-40-14-10-11-21-48(40)59(52)64(57(51)37-44)47-19-8-3-9-20-47/h1-38H. The normalized spacial score (nSPS) is 11.8. The lowest BCUT2D eigenvalue weighted by Gasteiger charge is -2.13. The van der Waals surface area contributed by atoms with Crippen LogP contribution in [0.4, 0.5) is 0 Å². The summed E-state index contributed by atoms with van der Waals surface area (Å²) in [5.41, 5.74) is 15.5. The van der Waals surface area contributed by atoms with Gasteiger partial charge in [-0.25, -0.2) is 9.97 Å². The molecule has 0 aliphatic carbocycles. The van der Waals surface area contributed by atoms with Crippen molar-refractivity contribution in [3.63, 3.8) is 0 Å². The zero-order valence-electron chi connectivity index (χ0n) is 34.7. The van der Waals surface area contributed by atoms with Crippen molar-refractivity contribution in [3.05, 3.63) is 231 Å². The monoisotopic (exact) mass is 814 g/mol. The maximum atomic E-state index is 5.33. The molecule has 13 rings (SSSR count). The molecular weight excluding hydrogens is 777 g/mol. The van der Waals surface area contributed by atoms with Gasteiger partial charge in [0.05, 0.1) is 33.3 Å². The van der Waals surface area contributed by atoms with Crippen molar-refractivity contribution < 1.29 is 0 Å². The minimum absolute atomic E-state index is 0.700. The Balaban J connectivity index is 0.911. The molecule has 4 heteroatoms. The molecule has 13 aromatic rings. The Morgan fingerprint density at radius 1 is 0.281 bits per heavy atom. The van der Waals surface area contributed by atoms with E-state index in [0.717, 1.165) is 61.4 Å². The number of aromatic nitrogens is 4. The molecule has 0 atom stereocenters. The van der Waals surface area contributed by atoms with E-state index in [0.29, 0.717) is 5.82 Å². The van der Waals surface area contributed by atoms with E-state index in [9.17, 15) is 0 Å². The van der Waals surface area contributed by atoms with E-state index in [-0.39, 0.29) is 0 Å². The third kappa shape index (κ3) is 5.77. The van der Waals surface area contributed by atoms with Gasteiger partial charge >= 0.3 is 0 Å². The summed E-state index contributed by atoms with van der Waals surface area (Å²) in [4.78, 5) is 10.5. The van der Waals surface area contributed by atoms with Crippen molar-refractivity contribution in [2.75, 3.05) is 0 Å². The lowest BCUT2D eigenvalue weighted by Crippen LogP contribution is -1.96. The first kappa shape index (κ1) is 36.1. The third-order valence-corrected chi connectivity index (χ3v) is 12.9. The molecule has 0 aliphatic heterocycles. The van der Waals surface area contributed by atoms with Crippen LogP contribution in [0.5, 0.6) is 0 Å². The fourth-order valence-corrected chi connectivity index (χ4v) is 9.87. The van der Waals surface area contributed by atoms with Crippen LogP contribution in [0.25, 0.3) is 122 Å². The van der Waals surface area contributed by atoms with Gasteiger partial charge in [0, 0.05) is 54.8 Å². The van der Waals surface area contributed by atoms with Gasteiger partial charge in [-0.15, -0.1) is 0 Å². The fourth-order valence-electron chi connectivity index (χ4n) is 9.87. The molecule has 0 N–H and O–H groups in total. The Labute approximate surface area is 369 Å². The summed E-state index contributed by atoms with van der Waals surface area (Å²) < 4.78 is 4.79. The highest BCUT2D eigenvalue weighted by atomic mass is 15.0. The van der Waals surface area contributed by atoms with Gasteiger partial charge in [-0.3, -0.25) is 0 Å². The fraction of sp³-hybridized carbons (Fsp3) is 0. The smallest absolute Gasteiger partial charge is 0.160 e.